The molecule has 0 radical (unpaired) electrons. The van der Waals surface area contributed by atoms with Crippen molar-refractivity contribution in [3.8, 4) is 0 Å². The first-order valence-electron chi connectivity index (χ1n) is 9.39. The van der Waals surface area contributed by atoms with Crippen molar-refractivity contribution in [1.29, 1.82) is 0 Å². The van der Waals surface area contributed by atoms with E-state index in [9.17, 15) is 18.0 Å². The number of carbonyl (C=O) groups is 2. The van der Waals surface area contributed by atoms with Crippen molar-refractivity contribution in [2.45, 2.75) is 63.8 Å². The molecule has 0 spiro atoms. The van der Waals surface area contributed by atoms with Gasteiger partial charge in [0.05, 0.1) is 6.26 Å². The predicted octanol–water partition coefficient (Wildman–Crippen LogP) is 1.10. The maximum absolute atomic E-state index is 12.0. The monoisotopic (exact) mass is 373 g/mol. The lowest BCUT2D eigenvalue weighted by atomic mass is 10.0. The second-order valence-corrected chi connectivity index (χ2v) is 9.04. The van der Waals surface area contributed by atoms with E-state index in [4.69, 9.17) is 0 Å². The summed E-state index contributed by atoms with van der Waals surface area (Å²) in [6, 6.07) is -0.0174. The average molecular weight is 374 g/mol. The van der Waals surface area contributed by atoms with E-state index in [1.54, 1.807) is 9.21 Å². The highest BCUT2D eigenvalue weighted by atomic mass is 32.2. The van der Waals surface area contributed by atoms with E-state index in [1.807, 2.05) is 0 Å². The summed E-state index contributed by atoms with van der Waals surface area (Å²) in [6.45, 7) is 2.28. The first kappa shape index (κ1) is 20.2. The number of sulfonamides is 1. The van der Waals surface area contributed by atoms with Crippen LogP contribution in [0.15, 0.2) is 0 Å². The van der Waals surface area contributed by atoms with Gasteiger partial charge in [0.25, 0.3) is 0 Å². The Hall–Kier alpha value is -1.15. The minimum atomic E-state index is -3.18. The van der Waals surface area contributed by atoms with Crippen LogP contribution >= 0.6 is 0 Å². The van der Waals surface area contributed by atoms with Crippen molar-refractivity contribution in [2.24, 2.45) is 0 Å². The minimum absolute atomic E-state index is 0.0174. The van der Waals surface area contributed by atoms with Gasteiger partial charge in [0, 0.05) is 45.1 Å². The molecule has 2 amide bonds. The Morgan fingerprint density at radius 1 is 1.16 bits per heavy atom. The van der Waals surface area contributed by atoms with E-state index in [0.29, 0.717) is 38.9 Å². The van der Waals surface area contributed by atoms with E-state index < -0.39 is 10.0 Å². The molecule has 1 atom stereocenters. The van der Waals surface area contributed by atoms with Gasteiger partial charge >= 0.3 is 0 Å². The topological polar surface area (TPSA) is 86.8 Å². The van der Waals surface area contributed by atoms with Gasteiger partial charge in [-0.1, -0.05) is 12.8 Å². The summed E-state index contributed by atoms with van der Waals surface area (Å²) in [4.78, 5) is 25.7. The fraction of sp³-hybridized carbons (Fsp3) is 0.882. The summed E-state index contributed by atoms with van der Waals surface area (Å²) in [5.74, 6) is 0.0788. The quantitative estimate of drug-likeness (QED) is 0.724. The van der Waals surface area contributed by atoms with Crippen LogP contribution in [0.25, 0.3) is 0 Å². The van der Waals surface area contributed by atoms with Gasteiger partial charge in [-0.25, -0.2) is 8.42 Å². The van der Waals surface area contributed by atoms with Crippen LogP contribution in [-0.2, 0) is 19.6 Å². The Balaban J connectivity index is 1.70. The lowest BCUT2D eigenvalue weighted by Gasteiger charge is -2.33. The maximum atomic E-state index is 12.0. The fourth-order valence-corrected chi connectivity index (χ4v) is 4.89. The van der Waals surface area contributed by atoms with Crippen LogP contribution in [0.5, 0.6) is 0 Å². The largest absolute Gasteiger partial charge is 0.356 e. The molecule has 7 nitrogen and oxygen atoms in total. The van der Waals surface area contributed by atoms with Gasteiger partial charge in [0.15, 0.2) is 0 Å². The molecule has 0 aromatic rings. The molecule has 0 saturated carbocycles. The molecule has 144 valence electrons. The van der Waals surface area contributed by atoms with Crippen LogP contribution in [-0.4, -0.2) is 67.9 Å². The molecule has 2 aliphatic rings. The summed E-state index contributed by atoms with van der Waals surface area (Å²) in [7, 11) is -3.18. The molecular weight excluding hydrogens is 342 g/mol. The first-order valence-corrected chi connectivity index (χ1v) is 11.2. The van der Waals surface area contributed by atoms with Crippen molar-refractivity contribution in [3.05, 3.63) is 0 Å². The number of hydrogen-bond acceptors (Lipinski definition) is 4. The van der Waals surface area contributed by atoms with Crippen LogP contribution in [0.3, 0.4) is 0 Å². The van der Waals surface area contributed by atoms with E-state index in [0.717, 1.165) is 45.1 Å². The summed E-state index contributed by atoms with van der Waals surface area (Å²) in [5.41, 5.74) is 0. The molecule has 2 saturated heterocycles. The van der Waals surface area contributed by atoms with Gasteiger partial charge in [-0.05, 0) is 32.1 Å². The number of nitrogens with zero attached hydrogens (tertiary/aromatic N) is 2. The number of hydrogen-bond donors (Lipinski definition) is 1. The normalized spacial score (nSPS) is 23.3. The zero-order valence-corrected chi connectivity index (χ0v) is 16.0. The Morgan fingerprint density at radius 3 is 2.68 bits per heavy atom. The molecule has 25 heavy (non-hydrogen) atoms. The Kier molecular flexibility index (Phi) is 7.68. The van der Waals surface area contributed by atoms with Gasteiger partial charge < -0.3 is 10.2 Å². The van der Waals surface area contributed by atoms with E-state index in [-0.39, 0.29) is 17.9 Å². The van der Waals surface area contributed by atoms with E-state index in [1.165, 1.54) is 6.26 Å². The van der Waals surface area contributed by atoms with Crippen LogP contribution in [0.1, 0.15) is 57.8 Å². The molecule has 2 heterocycles. The van der Waals surface area contributed by atoms with Crippen LogP contribution in [0, 0.1) is 0 Å². The standard InChI is InChI=1S/C17H31N3O4S/c1-25(23,24)20-13-6-4-7-15(20)9-11-18-16(21)10-14-19-12-5-2-3-8-17(19)22/h15H,2-14H2,1H3,(H,18,21). The van der Waals surface area contributed by atoms with Gasteiger partial charge in [0.2, 0.25) is 21.8 Å². The summed E-state index contributed by atoms with van der Waals surface area (Å²) < 4.78 is 25.2. The Morgan fingerprint density at radius 2 is 1.92 bits per heavy atom. The Bertz CT molecular complexity index is 564. The molecule has 2 rings (SSSR count). The maximum Gasteiger partial charge on any atom is 0.222 e. The zero-order chi connectivity index (χ0) is 18.3. The lowest BCUT2D eigenvalue weighted by Crippen LogP contribution is -2.44. The number of carbonyl (C=O) groups excluding carboxylic acids is 2. The molecular formula is C17H31N3O4S. The van der Waals surface area contributed by atoms with Crippen molar-refractivity contribution in [2.75, 3.05) is 32.4 Å². The zero-order valence-electron chi connectivity index (χ0n) is 15.2. The molecule has 2 aliphatic heterocycles. The summed E-state index contributed by atoms with van der Waals surface area (Å²) in [5, 5.41) is 2.87. The van der Waals surface area contributed by atoms with Gasteiger partial charge in [0.1, 0.15) is 0 Å². The number of piperidine rings is 1. The third-order valence-corrected chi connectivity index (χ3v) is 6.41. The smallest absolute Gasteiger partial charge is 0.222 e. The minimum Gasteiger partial charge on any atom is -0.356 e. The second kappa shape index (κ2) is 9.52. The molecule has 2 fully saturated rings. The summed E-state index contributed by atoms with van der Waals surface area (Å²) in [6.07, 6.45) is 8.61. The Labute approximate surface area is 151 Å². The number of rotatable bonds is 7. The molecule has 1 N–H and O–H groups in total. The van der Waals surface area contributed by atoms with Crippen molar-refractivity contribution < 1.29 is 18.0 Å². The van der Waals surface area contributed by atoms with Crippen LogP contribution < -0.4 is 5.32 Å². The number of amides is 2. The molecule has 0 aromatic heterocycles. The van der Waals surface area contributed by atoms with Gasteiger partial charge in [-0.2, -0.15) is 4.31 Å². The van der Waals surface area contributed by atoms with E-state index in [2.05, 4.69) is 5.32 Å². The summed E-state index contributed by atoms with van der Waals surface area (Å²) >= 11 is 0. The SMILES string of the molecule is CS(=O)(=O)N1CCCCC1CCNC(=O)CCN1CCCCCC1=O. The molecule has 1 unspecified atom stereocenters. The molecule has 0 bridgehead atoms. The third kappa shape index (κ3) is 6.58. The average Bonchev–Trinajstić information content (AvgIpc) is 2.77. The highest BCUT2D eigenvalue weighted by molar-refractivity contribution is 7.88. The fourth-order valence-electron chi connectivity index (χ4n) is 3.68. The third-order valence-electron chi connectivity index (χ3n) is 5.08. The van der Waals surface area contributed by atoms with E-state index >= 15 is 0 Å². The molecule has 8 heteroatoms. The van der Waals surface area contributed by atoms with Gasteiger partial charge in [-0.3, -0.25) is 9.59 Å². The van der Waals surface area contributed by atoms with Crippen LogP contribution in [0.4, 0.5) is 0 Å². The lowest BCUT2D eigenvalue weighted by molar-refractivity contribution is -0.131. The first-order chi connectivity index (χ1) is 11.9. The molecule has 0 aromatic carbocycles. The second-order valence-electron chi connectivity index (χ2n) is 7.10. The van der Waals surface area contributed by atoms with Crippen molar-refractivity contribution in [1.82, 2.24) is 14.5 Å². The number of nitrogens with one attached hydrogen (secondary N) is 1. The van der Waals surface area contributed by atoms with Crippen molar-refractivity contribution in [3.63, 3.8) is 0 Å². The highest BCUT2D eigenvalue weighted by Gasteiger charge is 2.28. The van der Waals surface area contributed by atoms with Gasteiger partial charge in [-0.15, -0.1) is 0 Å². The molecule has 0 aliphatic carbocycles. The predicted molar refractivity (Wildman–Crippen MR) is 96.5 cm³/mol. The van der Waals surface area contributed by atoms with Crippen LogP contribution in [0.2, 0.25) is 0 Å². The highest BCUT2D eigenvalue weighted by Crippen LogP contribution is 2.21. The van der Waals surface area contributed by atoms with Crippen molar-refractivity contribution >= 4 is 21.8 Å². The number of likely N-dealkylation sites (tertiary alicyclic amines) is 1.